The lowest BCUT2D eigenvalue weighted by atomic mass is 10.0. The lowest BCUT2D eigenvalue weighted by molar-refractivity contribution is -0.385. The Kier molecular flexibility index (Phi) is 20.0. The van der Waals surface area contributed by atoms with Gasteiger partial charge in [-0.15, -0.1) is 0 Å². The Morgan fingerprint density at radius 2 is 1.31 bits per heavy atom. The summed E-state index contributed by atoms with van der Waals surface area (Å²) in [5.41, 5.74) is 4.56. The summed E-state index contributed by atoms with van der Waals surface area (Å²) < 4.78 is 15.2. The molecular formula is C32H53N5O12. The summed E-state index contributed by atoms with van der Waals surface area (Å²) in [6.07, 6.45) is 0.875. The van der Waals surface area contributed by atoms with Gasteiger partial charge < -0.3 is 46.1 Å². The molecule has 0 spiro atoms. The Balaban J connectivity index is 0.00000114. The molecule has 0 saturated carbocycles. The molecule has 0 aromatic heterocycles. The summed E-state index contributed by atoms with van der Waals surface area (Å²) in [5, 5.41) is 36.4. The molecule has 278 valence electrons. The predicted octanol–water partition coefficient (Wildman–Crippen LogP) is 4.67. The first-order valence-corrected chi connectivity index (χ1v) is 15.9. The number of carboxylic acids is 2. The maximum absolute atomic E-state index is 12.0. The molecule has 1 aromatic carbocycles. The minimum absolute atomic E-state index is 0.0765. The summed E-state index contributed by atoms with van der Waals surface area (Å²) >= 11 is 0. The van der Waals surface area contributed by atoms with Crippen LogP contribution in [0.1, 0.15) is 98.5 Å². The molecule has 7 N–H and O–H groups in total. The largest absolute Gasteiger partial charge is 0.480 e. The number of rotatable bonds is 17. The van der Waals surface area contributed by atoms with Crippen molar-refractivity contribution < 1.29 is 53.3 Å². The molecule has 0 fully saturated rings. The van der Waals surface area contributed by atoms with Crippen LogP contribution in [0.3, 0.4) is 0 Å². The number of ether oxygens (including phenoxy) is 3. The SMILES string of the molecule is CC(C)(C)OC(=O)NCCCC[C@H](N)C(=O)O.CC(COC(=O)N[C@@H](CCCCNC(=O)OC(C)(C)C)C(=O)O)c1ccccc1[N+](=O)[O-]. The topological polar surface area (TPSA) is 259 Å². The first kappa shape index (κ1) is 44.3. The number of nitrogens with zero attached hydrogens (tertiary/aromatic N) is 1. The number of amides is 3. The normalized spacial score (nSPS) is 12.9. The molecule has 0 aliphatic heterocycles. The minimum Gasteiger partial charge on any atom is -0.480 e. The number of aliphatic carboxylic acids is 2. The molecule has 1 aromatic rings. The van der Waals surface area contributed by atoms with Crippen molar-refractivity contribution in [3.05, 3.63) is 39.9 Å². The molecule has 1 rings (SSSR count). The fraction of sp³-hybridized carbons (Fsp3) is 0.656. The molecule has 3 amide bonds. The van der Waals surface area contributed by atoms with Crippen LogP contribution in [0.2, 0.25) is 0 Å². The number of para-hydroxylation sites is 1. The van der Waals surface area contributed by atoms with Crippen LogP contribution < -0.4 is 21.7 Å². The first-order valence-electron chi connectivity index (χ1n) is 15.9. The number of alkyl carbamates (subject to hydrolysis) is 3. The molecule has 0 aliphatic carbocycles. The van der Waals surface area contributed by atoms with Crippen molar-refractivity contribution in [1.82, 2.24) is 16.0 Å². The van der Waals surface area contributed by atoms with Gasteiger partial charge in [0.15, 0.2) is 0 Å². The third kappa shape index (κ3) is 22.5. The van der Waals surface area contributed by atoms with Crippen molar-refractivity contribution in [1.29, 1.82) is 0 Å². The van der Waals surface area contributed by atoms with Crippen molar-refractivity contribution in [2.75, 3.05) is 19.7 Å². The molecule has 3 atom stereocenters. The van der Waals surface area contributed by atoms with E-state index in [1.165, 1.54) is 6.07 Å². The maximum Gasteiger partial charge on any atom is 0.407 e. The number of nitrogens with one attached hydrogen (secondary N) is 3. The number of carbonyl (C=O) groups excluding carboxylic acids is 3. The zero-order valence-corrected chi connectivity index (χ0v) is 29.4. The third-order valence-corrected chi connectivity index (χ3v) is 6.23. The van der Waals surface area contributed by atoms with Crippen LogP contribution in [0.5, 0.6) is 0 Å². The van der Waals surface area contributed by atoms with Gasteiger partial charge in [0, 0.05) is 30.6 Å². The monoisotopic (exact) mass is 699 g/mol. The highest BCUT2D eigenvalue weighted by Crippen LogP contribution is 2.26. The van der Waals surface area contributed by atoms with E-state index in [0.29, 0.717) is 50.8 Å². The van der Waals surface area contributed by atoms with Gasteiger partial charge in [-0.1, -0.05) is 25.1 Å². The number of nitro benzene ring substituents is 1. The second kappa shape index (κ2) is 22.1. The Morgan fingerprint density at radius 1 is 0.816 bits per heavy atom. The van der Waals surface area contributed by atoms with E-state index in [2.05, 4.69) is 16.0 Å². The summed E-state index contributed by atoms with van der Waals surface area (Å²) in [6.45, 7) is 12.9. The quantitative estimate of drug-likeness (QED) is 0.0560. The first-order chi connectivity index (χ1) is 22.6. The zero-order valence-electron chi connectivity index (χ0n) is 29.4. The van der Waals surface area contributed by atoms with E-state index >= 15 is 0 Å². The lowest BCUT2D eigenvalue weighted by Crippen LogP contribution is -2.41. The van der Waals surface area contributed by atoms with E-state index in [1.807, 2.05) is 0 Å². The Labute approximate surface area is 286 Å². The van der Waals surface area contributed by atoms with Gasteiger partial charge in [-0.05, 0) is 80.1 Å². The van der Waals surface area contributed by atoms with Crippen LogP contribution in [0, 0.1) is 10.1 Å². The van der Waals surface area contributed by atoms with Crippen molar-refractivity contribution in [3.8, 4) is 0 Å². The minimum atomic E-state index is -1.21. The summed E-state index contributed by atoms with van der Waals surface area (Å²) in [5.74, 6) is -2.66. The van der Waals surface area contributed by atoms with Gasteiger partial charge in [-0.25, -0.2) is 19.2 Å². The van der Waals surface area contributed by atoms with Crippen LogP contribution in [0.25, 0.3) is 0 Å². The number of benzene rings is 1. The second-order valence-corrected chi connectivity index (χ2v) is 13.1. The number of hydrogen-bond donors (Lipinski definition) is 6. The number of nitrogens with two attached hydrogens (primary N) is 1. The van der Waals surface area contributed by atoms with Crippen LogP contribution in [-0.4, -0.2) is 88.3 Å². The van der Waals surface area contributed by atoms with Gasteiger partial charge in [0.1, 0.15) is 29.9 Å². The van der Waals surface area contributed by atoms with Gasteiger partial charge in [0.05, 0.1) is 4.92 Å². The van der Waals surface area contributed by atoms with E-state index in [0.717, 1.165) is 0 Å². The number of nitro groups is 1. The standard InChI is InChI=1S/C21H31N3O8.C11H22N2O4/c1-14(15-9-5-6-11-17(15)24(29)30)13-31-20(28)23-16(18(25)26)10-7-8-12-22-19(27)32-21(2,3)4;1-11(2,3)17-10(16)13-7-5-4-6-8(12)9(14)15/h5-6,9,11,14,16H,7-8,10,12-13H2,1-4H3,(H,22,27)(H,23,28)(H,25,26);8H,4-7,12H2,1-3H3,(H,13,16)(H,14,15)/t14?,16-;8-/m00/s1. The third-order valence-electron chi connectivity index (χ3n) is 6.23. The van der Waals surface area contributed by atoms with E-state index in [9.17, 15) is 39.2 Å². The fourth-order valence-corrected chi connectivity index (χ4v) is 3.90. The summed E-state index contributed by atoms with van der Waals surface area (Å²) in [4.78, 5) is 67.2. The van der Waals surface area contributed by atoms with E-state index in [-0.39, 0.29) is 18.7 Å². The molecule has 0 bridgehead atoms. The highest BCUT2D eigenvalue weighted by molar-refractivity contribution is 5.79. The fourth-order valence-electron chi connectivity index (χ4n) is 3.90. The zero-order chi connectivity index (χ0) is 37.8. The van der Waals surface area contributed by atoms with Gasteiger partial charge in [-0.3, -0.25) is 14.9 Å². The Morgan fingerprint density at radius 3 is 1.76 bits per heavy atom. The van der Waals surface area contributed by atoms with Crippen LogP contribution in [-0.2, 0) is 23.8 Å². The highest BCUT2D eigenvalue weighted by atomic mass is 16.6. The van der Waals surface area contributed by atoms with Crippen molar-refractivity contribution >= 4 is 35.9 Å². The smallest absolute Gasteiger partial charge is 0.407 e. The average molecular weight is 700 g/mol. The Bertz CT molecular complexity index is 1230. The van der Waals surface area contributed by atoms with Crippen molar-refractivity contribution in [2.24, 2.45) is 5.73 Å². The molecule has 49 heavy (non-hydrogen) atoms. The van der Waals surface area contributed by atoms with Crippen LogP contribution in [0.15, 0.2) is 24.3 Å². The summed E-state index contributed by atoms with van der Waals surface area (Å²) in [6, 6.07) is 4.15. The van der Waals surface area contributed by atoms with E-state index in [4.69, 9.17) is 25.1 Å². The second-order valence-electron chi connectivity index (χ2n) is 13.1. The van der Waals surface area contributed by atoms with Crippen LogP contribution in [0.4, 0.5) is 20.1 Å². The average Bonchev–Trinajstić information content (AvgIpc) is 2.97. The van der Waals surface area contributed by atoms with E-state index in [1.54, 1.807) is 66.7 Å². The number of carboxylic acid groups (broad SMARTS) is 2. The van der Waals surface area contributed by atoms with Gasteiger partial charge in [-0.2, -0.15) is 0 Å². The Hall–Kier alpha value is -4.67. The van der Waals surface area contributed by atoms with Crippen molar-refractivity contribution in [3.63, 3.8) is 0 Å². The number of carbonyl (C=O) groups is 5. The molecule has 1 unspecified atom stereocenters. The number of hydrogen-bond acceptors (Lipinski definition) is 11. The number of unbranched alkanes of at least 4 members (excludes halogenated alkanes) is 2. The van der Waals surface area contributed by atoms with Gasteiger partial charge in [0.25, 0.3) is 5.69 Å². The van der Waals surface area contributed by atoms with Gasteiger partial charge >= 0.3 is 30.2 Å². The summed E-state index contributed by atoms with van der Waals surface area (Å²) in [7, 11) is 0. The lowest BCUT2D eigenvalue weighted by Gasteiger charge is -2.19. The molecule has 0 aliphatic rings. The van der Waals surface area contributed by atoms with Gasteiger partial charge in [0.2, 0.25) is 0 Å². The maximum atomic E-state index is 12.0. The van der Waals surface area contributed by atoms with E-state index < -0.39 is 64.3 Å². The predicted molar refractivity (Wildman–Crippen MR) is 179 cm³/mol. The molecule has 17 heteroatoms. The molecule has 17 nitrogen and oxygen atoms in total. The van der Waals surface area contributed by atoms with Crippen LogP contribution >= 0.6 is 0 Å². The highest BCUT2D eigenvalue weighted by Gasteiger charge is 2.23. The van der Waals surface area contributed by atoms with Crippen molar-refractivity contribution in [2.45, 2.75) is 116 Å². The molecule has 0 radical (unpaired) electrons. The molecular weight excluding hydrogens is 646 g/mol. The molecule has 0 heterocycles. The molecule has 0 saturated heterocycles.